The van der Waals surface area contributed by atoms with Gasteiger partial charge in [0.05, 0.1) is 0 Å². The summed E-state index contributed by atoms with van der Waals surface area (Å²) in [6.45, 7) is 0. The number of hydrogen-bond donors (Lipinski definition) is 2. The fourth-order valence-corrected chi connectivity index (χ4v) is 5.10. The molecule has 1 aliphatic rings. The highest BCUT2D eigenvalue weighted by Gasteiger charge is 2.27. The van der Waals surface area contributed by atoms with Crippen LogP contribution in [0.3, 0.4) is 0 Å². The molecule has 0 amide bonds. The smallest absolute Gasteiger partial charge is 0.136 e. The second-order valence-electron chi connectivity index (χ2n) is 8.89. The van der Waals surface area contributed by atoms with Crippen molar-refractivity contribution in [2.24, 2.45) is 4.99 Å². The summed E-state index contributed by atoms with van der Waals surface area (Å²) in [4.78, 5) is 5.16. The number of benzene rings is 5. The fourth-order valence-electron chi connectivity index (χ4n) is 5.10. The molecule has 2 atom stereocenters. The number of rotatable bonds is 3. The summed E-state index contributed by atoms with van der Waals surface area (Å²) >= 11 is 0. The molecule has 0 aliphatic carbocycles. The number of aliphatic imine (C=N–C) groups is 1. The van der Waals surface area contributed by atoms with Gasteiger partial charge in [-0.2, -0.15) is 0 Å². The molecule has 0 bridgehead atoms. The van der Waals surface area contributed by atoms with Crippen LogP contribution in [0.4, 0.5) is 0 Å². The molecule has 7 rings (SSSR count). The minimum absolute atomic E-state index is 0.0842. The van der Waals surface area contributed by atoms with Crippen molar-refractivity contribution >= 4 is 38.5 Å². The summed E-state index contributed by atoms with van der Waals surface area (Å²) in [7, 11) is 0. The monoisotopic (exact) mass is 453 g/mol. The van der Waals surface area contributed by atoms with Gasteiger partial charge in [-0.1, -0.05) is 103 Å². The van der Waals surface area contributed by atoms with E-state index in [0.717, 1.165) is 49.9 Å². The first-order valence-corrected chi connectivity index (χ1v) is 11.9. The van der Waals surface area contributed by atoms with Crippen molar-refractivity contribution < 1.29 is 4.42 Å². The standard InChI is InChI=1S/C31H23N3O/c1-3-11-20(12-4-1)29-32-30(21-13-5-2-6-14-21)34-31(33-29)25-19-27-28(23-16-8-7-15-22(23)25)24-17-9-10-18-26(24)35-27/h1-19,29-30,32H,(H,33,34). The minimum Gasteiger partial charge on any atom is -0.456 e. The third-order valence-corrected chi connectivity index (χ3v) is 6.75. The van der Waals surface area contributed by atoms with Crippen molar-refractivity contribution in [3.63, 3.8) is 0 Å². The van der Waals surface area contributed by atoms with Gasteiger partial charge >= 0.3 is 0 Å². The molecule has 5 aromatic carbocycles. The van der Waals surface area contributed by atoms with Crippen LogP contribution >= 0.6 is 0 Å². The molecule has 0 saturated carbocycles. The number of nitrogens with zero attached hydrogens (tertiary/aromatic N) is 1. The van der Waals surface area contributed by atoms with Crippen LogP contribution in [0.1, 0.15) is 29.0 Å². The Balaban J connectivity index is 1.46. The van der Waals surface area contributed by atoms with E-state index in [9.17, 15) is 0 Å². The highest BCUT2D eigenvalue weighted by Crippen LogP contribution is 2.37. The van der Waals surface area contributed by atoms with Crippen molar-refractivity contribution in [3.05, 3.63) is 132 Å². The first kappa shape index (κ1) is 20.0. The highest BCUT2D eigenvalue weighted by molar-refractivity contribution is 6.24. The van der Waals surface area contributed by atoms with E-state index in [-0.39, 0.29) is 12.3 Å². The second kappa shape index (κ2) is 8.12. The first-order chi connectivity index (χ1) is 17.3. The van der Waals surface area contributed by atoms with Gasteiger partial charge in [-0.25, -0.2) is 4.99 Å². The molecule has 4 heteroatoms. The van der Waals surface area contributed by atoms with Crippen molar-refractivity contribution in [1.82, 2.24) is 10.6 Å². The van der Waals surface area contributed by atoms with E-state index in [4.69, 9.17) is 9.41 Å². The molecule has 4 nitrogen and oxygen atoms in total. The number of furan rings is 1. The molecule has 0 spiro atoms. The number of nitrogens with one attached hydrogen (secondary N) is 2. The van der Waals surface area contributed by atoms with Crippen molar-refractivity contribution in [1.29, 1.82) is 0 Å². The van der Waals surface area contributed by atoms with Crippen LogP contribution in [0.25, 0.3) is 32.7 Å². The van der Waals surface area contributed by atoms with Gasteiger partial charge in [0.1, 0.15) is 29.3 Å². The van der Waals surface area contributed by atoms with E-state index in [1.807, 2.05) is 24.3 Å². The second-order valence-corrected chi connectivity index (χ2v) is 8.89. The molecule has 2 unspecified atom stereocenters. The fraction of sp³-hybridized carbons (Fsp3) is 0.0645. The quantitative estimate of drug-likeness (QED) is 0.301. The number of fused-ring (bicyclic) bond motifs is 5. The van der Waals surface area contributed by atoms with Gasteiger partial charge in [-0.3, -0.25) is 5.32 Å². The average molecular weight is 454 g/mol. The Bertz CT molecular complexity index is 1700. The van der Waals surface area contributed by atoms with Crippen molar-refractivity contribution in [3.8, 4) is 0 Å². The molecule has 0 radical (unpaired) electrons. The van der Waals surface area contributed by atoms with E-state index in [1.54, 1.807) is 0 Å². The molecular weight excluding hydrogens is 430 g/mol. The average Bonchev–Trinajstić information content (AvgIpc) is 3.32. The van der Waals surface area contributed by atoms with Crippen molar-refractivity contribution in [2.45, 2.75) is 12.3 Å². The Morgan fingerprint density at radius 1 is 0.600 bits per heavy atom. The van der Waals surface area contributed by atoms with Crippen LogP contribution < -0.4 is 10.6 Å². The predicted octanol–water partition coefficient (Wildman–Crippen LogP) is 7.08. The lowest BCUT2D eigenvalue weighted by Crippen LogP contribution is -2.45. The molecule has 1 aliphatic heterocycles. The maximum absolute atomic E-state index is 6.32. The minimum atomic E-state index is -0.178. The van der Waals surface area contributed by atoms with Gasteiger partial charge in [0, 0.05) is 16.3 Å². The molecule has 2 heterocycles. The Labute approximate surface area is 202 Å². The van der Waals surface area contributed by atoms with Crippen LogP contribution in [0.2, 0.25) is 0 Å². The molecule has 168 valence electrons. The number of hydrogen-bond acceptors (Lipinski definition) is 4. The zero-order chi connectivity index (χ0) is 23.2. The van der Waals surface area contributed by atoms with E-state index in [2.05, 4.69) is 102 Å². The van der Waals surface area contributed by atoms with Crippen LogP contribution in [0.5, 0.6) is 0 Å². The van der Waals surface area contributed by atoms with Crippen LogP contribution in [-0.2, 0) is 0 Å². The van der Waals surface area contributed by atoms with Crippen LogP contribution in [0, 0.1) is 0 Å². The molecule has 6 aromatic rings. The van der Waals surface area contributed by atoms with Gasteiger partial charge in [-0.05, 0) is 34.0 Å². The highest BCUT2D eigenvalue weighted by atomic mass is 16.3. The van der Waals surface area contributed by atoms with E-state index in [0.29, 0.717) is 0 Å². The van der Waals surface area contributed by atoms with Gasteiger partial charge in [0.25, 0.3) is 0 Å². The molecule has 2 N–H and O–H groups in total. The maximum Gasteiger partial charge on any atom is 0.136 e. The summed E-state index contributed by atoms with van der Waals surface area (Å²) in [6.07, 6.45) is -0.262. The summed E-state index contributed by atoms with van der Waals surface area (Å²) in [5, 5.41) is 11.9. The molecule has 0 saturated heterocycles. The molecule has 0 fully saturated rings. The topological polar surface area (TPSA) is 49.6 Å². The molecular formula is C31H23N3O. The largest absolute Gasteiger partial charge is 0.456 e. The molecule has 1 aromatic heterocycles. The van der Waals surface area contributed by atoms with E-state index in [1.165, 1.54) is 5.39 Å². The first-order valence-electron chi connectivity index (χ1n) is 11.9. The zero-order valence-electron chi connectivity index (χ0n) is 19.0. The number of amidine groups is 1. The normalized spacial score (nSPS) is 18.0. The van der Waals surface area contributed by atoms with Crippen LogP contribution in [-0.4, -0.2) is 5.84 Å². The van der Waals surface area contributed by atoms with Gasteiger partial charge in [0.15, 0.2) is 0 Å². The van der Waals surface area contributed by atoms with Crippen LogP contribution in [0.15, 0.2) is 125 Å². The zero-order valence-corrected chi connectivity index (χ0v) is 19.0. The maximum atomic E-state index is 6.32. The van der Waals surface area contributed by atoms with Gasteiger partial charge in [0.2, 0.25) is 0 Å². The van der Waals surface area contributed by atoms with E-state index >= 15 is 0 Å². The number of para-hydroxylation sites is 1. The third-order valence-electron chi connectivity index (χ3n) is 6.75. The summed E-state index contributed by atoms with van der Waals surface area (Å²) in [6, 6.07) is 39.7. The van der Waals surface area contributed by atoms with E-state index < -0.39 is 0 Å². The SMILES string of the molecule is c1ccc(C2N=C(c3cc4oc5ccccc5c4c4ccccc34)NC(c3ccccc3)N2)cc1. The lowest BCUT2D eigenvalue weighted by atomic mass is 9.97. The Morgan fingerprint density at radius 3 is 2.00 bits per heavy atom. The van der Waals surface area contributed by atoms with Gasteiger partial charge < -0.3 is 9.73 Å². The summed E-state index contributed by atoms with van der Waals surface area (Å²) in [5.74, 6) is 0.852. The lowest BCUT2D eigenvalue weighted by molar-refractivity contribution is 0.409. The summed E-state index contributed by atoms with van der Waals surface area (Å²) in [5.41, 5.74) is 5.09. The third kappa shape index (κ3) is 3.38. The van der Waals surface area contributed by atoms with Gasteiger partial charge in [-0.15, -0.1) is 0 Å². The Hall–Kier alpha value is -4.41. The van der Waals surface area contributed by atoms with Crippen molar-refractivity contribution in [2.75, 3.05) is 0 Å². The lowest BCUT2D eigenvalue weighted by Gasteiger charge is -2.32. The molecule has 35 heavy (non-hydrogen) atoms. The Kier molecular flexibility index (Phi) is 4.64. The predicted molar refractivity (Wildman–Crippen MR) is 142 cm³/mol. The Morgan fingerprint density at radius 2 is 1.23 bits per heavy atom. The summed E-state index contributed by atoms with van der Waals surface area (Å²) < 4.78 is 6.32.